The molecule has 2 aromatic carbocycles. The van der Waals surface area contributed by atoms with Crippen molar-refractivity contribution in [3.63, 3.8) is 0 Å². The van der Waals surface area contributed by atoms with Gasteiger partial charge in [-0.05, 0) is 35.7 Å². The molecule has 1 unspecified atom stereocenters. The molecule has 2 aliphatic heterocycles. The summed E-state index contributed by atoms with van der Waals surface area (Å²) >= 11 is 0. The molecule has 0 bridgehead atoms. The first-order valence-electron chi connectivity index (χ1n) is 10.5. The molecule has 0 aliphatic carbocycles. The number of para-hydroxylation sites is 1. The fourth-order valence-electron chi connectivity index (χ4n) is 4.93. The predicted molar refractivity (Wildman–Crippen MR) is 116 cm³/mol. The number of urea groups is 1. The molecule has 5 rings (SSSR count). The SMILES string of the molecule is CCCN1C(=O)[C@@H]2Cc3c([nH]c4ccccc34)C(c3ccc(OC)c(OC)c3)N2C1=O. The summed E-state index contributed by atoms with van der Waals surface area (Å²) in [5, 5.41) is 1.09. The minimum absolute atomic E-state index is 0.117. The van der Waals surface area contributed by atoms with Gasteiger partial charge in [-0.3, -0.25) is 14.6 Å². The summed E-state index contributed by atoms with van der Waals surface area (Å²) in [5.41, 5.74) is 3.92. The summed E-state index contributed by atoms with van der Waals surface area (Å²) in [6, 6.07) is 12.6. The van der Waals surface area contributed by atoms with E-state index >= 15 is 0 Å². The van der Waals surface area contributed by atoms with Gasteiger partial charge < -0.3 is 14.5 Å². The number of amides is 3. The summed E-state index contributed by atoms with van der Waals surface area (Å²) in [6.07, 6.45) is 1.24. The lowest BCUT2D eigenvalue weighted by Crippen LogP contribution is -2.44. The zero-order valence-electron chi connectivity index (χ0n) is 17.8. The molecule has 0 radical (unpaired) electrons. The molecule has 3 heterocycles. The molecule has 160 valence electrons. The van der Waals surface area contributed by atoms with Crippen molar-refractivity contribution < 1.29 is 19.1 Å². The van der Waals surface area contributed by atoms with Crippen LogP contribution in [0.1, 0.15) is 36.2 Å². The van der Waals surface area contributed by atoms with Crippen molar-refractivity contribution in [3.05, 3.63) is 59.3 Å². The van der Waals surface area contributed by atoms with Crippen molar-refractivity contribution in [3.8, 4) is 11.5 Å². The van der Waals surface area contributed by atoms with E-state index in [0.717, 1.165) is 34.1 Å². The molecule has 1 saturated heterocycles. The normalized spacial score (nSPS) is 20.2. The predicted octanol–water partition coefficient (Wildman–Crippen LogP) is 3.87. The van der Waals surface area contributed by atoms with Crippen molar-refractivity contribution in [1.82, 2.24) is 14.8 Å². The highest BCUT2D eigenvalue weighted by atomic mass is 16.5. The molecule has 7 nitrogen and oxygen atoms in total. The van der Waals surface area contributed by atoms with Crippen LogP contribution < -0.4 is 9.47 Å². The minimum atomic E-state index is -0.510. The van der Waals surface area contributed by atoms with Crippen LogP contribution in [0.5, 0.6) is 11.5 Å². The van der Waals surface area contributed by atoms with Crippen molar-refractivity contribution in [2.24, 2.45) is 0 Å². The van der Waals surface area contributed by atoms with Crippen LogP contribution in [0.15, 0.2) is 42.5 Å². The van der Waals surface area contributed by atoms with Crippen molar-refractivity contribution in [2.45, 2.75) is 31.8 Å². The number of benzene rings is 2. The Balaban J connectivity index is 1.72. The third kappa shape index (κ3) is 2.80. The standard InChI is InChI=1S/C24H25N3O4/c1-4-11-26-23(28)18-13-16-15-7-5-6-8-17(15)25-21(16)22(27(18)24(26)29)14-9-10-19(30-2)20(12-14)31-3/h5-10,12,18,22,25H,4,11,13H2,1-3H3/t18-,22?/m0/s1. The number of carbonyl (C=O) groups is 2. The van der Waals surface area contributed by atoms with E-state index in [1.54, 1.807) is 19.1 Å². The number of rotatable bonds is 5. The summed E-state index contributed by atoms with van der Waals surface area (Å²) in [7, 11) is 3.18. The summed E-state index contributed by atoms with van der Waals surface area (Å²) in [4.78, 5) is 33.3. The van der Waals surface area contributed by atoms with Crippen LogP contribution in [0.25, 0.3) is 10.9 Å². The van der Waals surface area contributed by atoms with E-state index in [4.69, 9.17) is 9.47 Å². The molecule has 31 heavy (non-hydrogen) atoms. The molecule has 2 atom stereocenters. The molecule has 1 fully saturated rings. The molecule has 0 saturated carbocycles. The Morgan fingerprint density at radius 2 is 1.84 bits per heavy atom. The molecule has 3 amide bonds. The van der Waals surface area contributed by atoms with Gasteiger partial charge in [0.15, 0.2) is 11.5 Å². The first kappa shape index (κ1) is 19.5. The number of nitrogens with one attached hydrogen (secondary N) is 1. The smallest absolute Gasteiger partial charge is 0.328 e. The highest BCUT2D eigenvalue weighted by molar-refractivity contribution is 6.05. The number of carbonyl (C=O) groups excluding carboxylic acids is 2. The molecule has 2 aliphatic rings. The number of aromatic amines is 1. The Hall–Kier alpha value is -3.48. The third-order valence-corrected chi connectivity index (χ3v) is 6.30. The van der Waals surface area contributed by atoms with Crippen molar-refractivity contribution in [2.75, 3.05) is 20.8 Å². The Labute approximate surface area is 180 Å². The number of imide groups is 1. The molecule has 3 aromatic rings. The maximum Gasteiger partial charge on any atom is 0.328 e. The van der Waals surface area contributed by atoms with Crippen LogP contribution >= 0.6 is 0 Å². The van der Waals surface area contributed by atoms with Crippen LogP contribution in [-0.4, -0.2) is 53.5 Å². The van der Waals surface area contributed by atoms with Crippen molar-refractivity contribution in [1.29, 1.82) is 0 Å². The first-order valence-corrected chi connectivity index (χ1v) is 10.5. The topological polar surface area (TPSA) is 74.9 Å². The zero-order valence-corrected chi connectivity index (χ0v) is 17.8. The van der Waals surface area contributed by atoms with Crippen LogP contribution in [0.3, 0.4) is 0 Å². The average Bonchev–Trinajstić information content (AvgIpc) is 3.28. The number of H-pyrrole nitrogens is 1. The Morgan fingerprint density at radius 3 is 2.58 bits per heavy atom. The second-order valence-corrected chi connectivity index (χ2v) is 7.98. The van der Waals surface area contributed by atoms with E-state index in [-0.39, 0.29) is 11.9 Å². The fourth-order valence-corrected chi connectivity index (χ4v) is 4.93. The van der Waals surface area contributed by atoms with Gasteiger partial charge in [-0.1, -0.05) is 31.2 Å². The minimum Gasteiger partial charge on any atom is -0.493 e. The maximum atomic E-state index is 13.4. The lowest BCUT2D eigenvalue weighted by Gasteiger charge is -2.36. The largest absolute Gasteiger partial charge is 0.493 e. The first-order chi connectivity index (χ1) is 15.1. The van der Waals surface area contributed by atoms with E-state index in [1.807, 2.05) is 43.3 Å². The quantitative estimate of drug-likeness (QED) is 0.637. The summed E-state index contributed by atoms with van der Waals surface area (Å²) in [5.74, 6) is 1.09. The highest BCUT2D eigenvalue weighted by Crippen LogP contribution is 2.45. The summed E-state index contributed by atoms with van der Waals surface area (Å²) in [6.45, 7) is 2.40. The lowest BCUT2D eigenvalue weighted by atomic mass is 9.88. The van der Waals surface area contributed by atoms with Gasteiger partial charge in [-0.2, -0.15) is 0 Å². The Kier molecular flexibility index (Phi) is 4.61. The van der Waals surface area contributed by atoms with Gasteiger partial charge in [0.1, 0.15) is 12.1 Å². The van der Waals surface area contributed by atoms with Gasteiger partial charge >= 0.3 is 6.03 Å². The van der Waals surface area contributed by atoms with E-state index in [1.165, 1.54) is 4.90 Å². The number of ether oxygens (including phenoxy) is 2. The van der Waals surface area contributed by atoms with E-state index < -0.39 is 12.1 Å². The number of methoxy groups -OCH3 is 2. The molecular weight excluding hydrogens is 394 g/mol. The third-order valence-electron chi connectivity index (χ3n) is 6.30. The molecule has 0 spiro atoms. The highest BCUT2D eigenvalue weighted by Gasteiger charge is 2.52. The lowest BCUT2D eigenvalue weighted by molar-refractivity contribution is -0.128. The molecule has 7 heteroatoms. The van der Waals surface area contributed by atoms with E-state index in [0.29, 0.717) is 24.5 Å². The second kappa shape index (κ2) is 7.34. The fraction of sp³-hybridized carbons (Fsp3) is 0.333. The molecule has 1 N–H and O–H groups in total. The van der Waals surface area contributed by atoms with Crippen LogP contribution in [0.2, 0.25) is 0 Å². The van der Waals surface area contributed by atoms with E-state index in [9.17, 15) is 9.59 Å². The summed E-state index contributed by atoms with van der Waals surface area (Å²) < 4.78 is 10.9. The van der Waals surface area contributed by atoms with Gasteiger partial charge in [0.2, 0.25) is 0 Å². The average molecular weight is 419 g/mol. The molecule has 1 aromatic heterocycles. The zero-order chi connectivity index (χ0) is 21.7. The van der Waals surface area contributed by atoms with Crippen molar-refractivity contribution >= 4 is 22.8 Å². The monoisotopic (exact) mass is 419 g/mol. The van der Waals surface area contributed by atoms with Gasteiger partial charge in [0.25, 0.3) is 5.91 Å². The Bertz CT molecular complexity index is 1180. The van der Waals surface area contributed by atoms with Gasteiger partial charge in [0.05, 0.1) is 14.2 Å². The number of nitrogens with zero attached hydrogens (tertiary/aromatic N) is 2. The van der Waals surface area contributed by atoms with Crippen LogP contribution in [0, 0.1) is 0 Å². The van der Waals surface area contributed by atoms with Crippen LogP contribution in [-0.2, 0) is 11.2 Å². The number of hydrogen-bond acceptors (Lipinski definition) is 4. The number of hydrogen-bond donors (Lipinski definition) is 1. The maximum absolute atomic E-state index is 13.4. The molecular formula is C24H25N3O4. The Morgan fingerprint density at radius 1 is 1.06 bits per heavy atom. The second-order valence-electron chi connectivity index (χ2n) is 7.98. The van der Waals surface area contributed by atoms with Crippen LogP contribution in [0.4, 0.5) is 4.79 Å². The van der Waals surface area contributed by atoms with Gasteiger partial charge in [0, 0.05) is 29.6 Å². The number of fused-ring (bicyclic) bond motifs is 4. The van der Waals surface area contributed by atoms with E-state index in [2.05, 4.69) is 11.1 Å². The number of aromatic nitrogens is 1. The van der Waals surface area contributed by atoms with Gasteiger partial charge in [-0.25, -0.2) is 4.79 Å². The van der Waals surface area contributed by atoms with Gasteiger partial charge in [-0.15, -0.1) is 0 Å².